The van der Waals surface area contributed by atoms with Gasteiger partial charge in [0, 0.05) is 10.6 Å². The van der Waals surface area contributed by atoms with E-state index in [0.717, 1.165) is 0 Å². The van der Waals surface area contributed by atoms with Gasteiger partial charge in [-0.1, -0.05) is 34.8 Å². The fraction of sp³-hybridized carbons (Fsp3) is 0.0667. The van der Waals surface area contributed by atoms with E-state index in [-0.39, 0.29) is 16.1 Å². The van der Waals surface area contributed by atoms with Crippen LogP contribution in [0.5, 0.6) is 5.75 Å². The zero-order valence-corrected chi connectivity index (χ0v) is 14.1. The Morgan fingerprint density at radius 3 is 2.26 bits per heavy atom. The van der Waals surface area contributed by atoms with Crippen LogP contribution in [-0.2, 0) is 0 Å². The molecule has 0 saturated heterocycles. The highest BCUT2D eigenvalue weighted by molar-refractivity contribution is 6.42. The first-order chi connectivity index (χ1) is 10.9. The number of benzene rings is 2. The number of hydrazine groups is 1. The number of rotatable bonds is 3. The lowest BCUT2D eigenvalue weighted by atomic mass is 10.2. The van der Waals surface area contributed by atoms with Gasteiger partial charge in [-0.2, -0.15) is 0 Å². The van der Waals surface area contributed by atoms with Crippen LogP contribution in [0.3, 0.4) is 0 Å². The van der Waals surface area contributed by atoms with Gasteiger partial charge in [-0.05, 0) is 36.4 Å². The molecule has 2 aromatic rings. The third-order valence-corrected chi connectivity index (χ3v) is 3.85. The summed E-state index contributed by atoms with van der Waals surface area (Å²) in [5.74, 6) is -0.786. The Hall–Kier alpha value is -1.95. The summed E-state index contributed by atoms with van der Waals surface area (Å²) in [5, 5.41) is 0.935. The molecular weight excluding hydrogens is 363 g/mol. The zero-order valence-electron chi connectivity index (χ0n) is 11.8. The van der Waals surface area contributed by atoms with E-state index in [1.54, 1.807) is 12.1 Å². The Kier molecular flexibility index (Phi) is 5.71. The molecule has 0 aliphatic rings. The van der Waals surface area contributed by atoms with Gasteiger partial charge in [-0.3, -0.25) is 20.4 Å². The van der Waals surface area contributed by atoms with E-state index in [4.69, 9.17) is 39.5 Å². The van der Waals surface area contributed by atoms with Crippen molar-refractivity contribution in [2.75, 3.05) is 7.11 Å². The summed E-state index contributed by atoms with van der Waals surface area (Å²) in [6.45, 7) is 0. The molecule has 120 valence electrons. The first-order valence-electron chi connectivity index (χ1n) is 6.31. The number of carbonyl (C=O) groups is 2. The van der Waals surface area contributed by atoms with Crippen LogP contribution >= 0.6 is 34.8 Å². The van der Waals surface area contributed by atoms with Crippen LogP contribution in [0.1, 0.15) is 20.7 Å². The second kappa shape index (κ2) is 7.55. The summed E-state index contributed by atoms with van der Waals surface area (Å²) in [5.41, 5.74) is 4.99. The van der Waals surface area contributed by atoms with Crippen LogP contribution in [0, 0.1) is 0 Å². The molecule has 0 radical (unpaired) electrons. The second-order valence-corrected chi connectivity index (χ2v) is 5.63. The fourth-order valence-electron chi connectivity index (χ4n) is 1.75. The Morgan fingerprint density at radius 1 is 0.913 bits per heavy atom. The molecule has 0 heterocycles. The molecule has 2 aromatic carbocycles. The number of hydrogen-bond donors (Lipinski definition) is 2. The van der Waals surface area contributed by atoms with Crippen LogP contribution in [0.2, 0.25) is 15.1 Å². The first-order valence-corrected chi connectivity index (χ1v) is 7.45. The molecule has 0 aromatic heterocycles. The molecule has 0 atom stereocenters. The maximum Gasteiger partial charge on any atom is 0.273 e. The molecule has 0 unspecified atom stereocenters. The van der Waals surface area contributed by atoms with Crippen LogP contribution in [0.15, 0.2) is 36.4 Å². The molecule has 0 bridgehead atoms. The summed E-state index contributed by atoms with van der Waals surface area (Å²) in [6.07, 6.45) is 0. The van der Waals surface area contributed by atoms with Gasteiger partial charge in [0.25, 0.3) is 11.8 Å². The number of halogens is 3. The molecule has 0 aliphatic carbocycles. The predicted molar refractivity (Wildman–Crippen MR) is 89.4 cm³/mol. The Morgan fingerprint density at radius 2 is 1.61 bits per heavy atom. The summed E-state index contributed by atoms with van der Waals surface area (Å²) >= 11 is 17.5. The van der Waals surface area contributed by atoms with Gasteiger partial charge in [-0.25, -0.2) is 0 Å². The van der Waals surface area contributed by atoms with Crippen LogP contribution in [-0.4, -0.2) is 18.9 Å². The predicted octanol–water partition coefficient (Wildman–Crippen LogP) is 3.73. The van der Waals surface area contributed by atoms with Crippen LogP contribution in [0.4, 0.5) is 0 Å². The molecular formula is C15H11Cl3N2O3. The number of nitrogens with one attached hydrogen (secondary N) is 2. The molecule has 0 aliphatic heterocycles. The Bertz CT molecular complexity index is 766. The quantitative estimate of drug-likeness (QED) is 0.806. The summed E-state index contributed by atoms with van der Waals surface area (Å²) in [7, 11) is 1.42. The molecule has 5 nitrogen and oxygen atoms in total. The molecule has 0 saturated carbocycles. The van der Waals surface area contributed by atoms with Gasteiger partial charge in [0.2, 0.25) is 0 Å². The smallest absolute Gasteiger partial charge is 0.273 e. The van der Waals surface area contributed by atoms with Gasteiger partial charge in [0.1, 0.15) is 5.75 Å². The van der Waals surface area contributed by atoms with Gasteiger partial charge in [0.15, 0.2) is 0 Å². The number of ether oxygens (including phenoxy) is 1. The van der Waals surface area contributed by atoms with Crippen molar-refractivity contribution in [1.82, 2.24) is 10.9 Å². The largest absolute Gasteiger partial charge is 0.496 e. The van der Waals surface area contributed by atoms with Gasteiger partial charge in [-0.15, -0.1) is 0 Å². The number of amides is 2. The monoisotopic (exact) mass is 372 g/mol. The molecule has 2 N–H and O–H groups in total. The van der Waals surface area contributed by atoms with Crippen molar-refractivity contribution in [3.8, 4) is 5.75 Å². The normalized spacial score (nSPS) is 10.1. The van der Waals surface area contributed by atoms with Gasteiger partial charge < -0.3 is 4.74 Å². The van der Waals surface area contributed by atoms with Crippen LogP contribution < -0.4 is 15.6 Å². The SMILES string of the molecule is COc1ccc(Cl)cc1C(=O)NNC(=O)c1ccc(Cl)c(Cl)c1. The Labute approximate surface area is 147 Å². The third-order valence-electron chi connectivity index (χ3n) is 2.88. The lowest BCUT2D eigenvalue weighted by Crippen LogP contribution is -2.41. The van der Waals surface area contributed by atoms with Crippen molar-refractivity contribution in [2.24, 2.45) is 0 Å². The molecule has 2 amide bonds. The van der Waals surface area contributed by atoms with Crippen molar-refractivity contribution in [3.05, 3.63) is 62.6 Å². The highest BCUT2D eigenvalue weighted by atomic mass is 35.5. The summed E-state index contributed by atoms with van der Waals surface area (Å²) in [6, 6.07) is 8.94. The van der Waals surface area contributed by atoms with Crippen molar-refractivity contribution < 1.29 is 14.3 Å². The highest BCUT2D eigenvalue weighted by Crippen LogP contribution is 2.23. The van der Waals surface area contributed by atoms with Crippen molar-refractivity contribution in [3.63, 3.8) is 0 Å². The van der Waals surface area contributed by atoms with Gasteiger partial charge in [0.05, 0.1) is 22.7 Å². The fourth-order valence-corrected chi connectivity index (χ4v) is 2.22. The van der Waals surface area contributed by atoms with E-state index in [2.05, 4.69) is 10.9 Å². The second-order valence-electron chi connectivity index (χ2n) is 4.38. The van der Waals surface area contributed by atoms with Gasteiger partial charge >= 0.3 is 0 Å². The van der Waals surface area contributed by atoms with E-state index in [0.29, 0.717) is 15.8 Å². The summed E-state index contributed by atoms with van der Waals surface area (Å²) in [4.78, 5) is 24.1. The number of hydrogen-bond acceptors (Lipinski definition) is 3. The van der Waals surface area contributed by atoms with Crippen molar-refractivity contribution in [1.29, 1.82) is 0 Å². The third kappa shape index (κ3) is 4.28. The van der Waals surface area contributed by atoms with Crippen LogP contribution in [0.25, 0.3) is 0 Å². The molecule has 0 fully saturated rings. The van der Waals surface area contributed by atoms with E-state index < -0.39 is 11.8 Å². The number of carbonyl (C=O) groups excluding carboxylic acids is 2. The highest BCUT2D eigenvalue weighted by Gasteiger charge is 2.14. The molecule has 2 rings (SSSR count). The lowest BCUT2D eigenvalue weighted by Gasteiger charge is -2.11. The minimum Gasteiger partial charge on any atom is -0.496 e. The topological polar surface area (TPSA) is 67.4 Å². The number of methoxy groups -OCH3 is 1. The van der Waals surface area contributed by atoms with E-state index in [1.165, 1.54) is 31.4 Å². The maximum atomic E-state index is 12.1. The minimum absolute atomic E-state index is 0.189. The average Bonchev–Trinajstić information content (AvgIpc) is 2.54. The maximum absolute atomic E-state index is 12.1. The minimum atomic E-state index is -0.572. The molecule has 8 heteroatoms. The average molecular weight is 374 g/mol. The van der Waals surface area contributed by atoms with Crippen molar-refractivity contribution >= 4 is 46.6 Å². The zero-order chi connectivity index (χ0) is 17.0. The van der Waals surface area contributed by atoms with E-state index in [1.807, 2.05) is 0 Å². The van der Waals surface area contributed by atoms with E-state index >= 15 is 0 Å². The molecule has 0 spiro atoms. The van der Waals surface area contributed by atoms with E-state index in [9.17, 15) is 9.59 Å². The standard InChI is InChI=1S/C15H11Cl3N2O3/c1-23-13-5-3-9(16)7-10(13)15(22)20-19-14(21)8-2-4-11(17)12(18)6-8/h2-7H,1H3,(H,19,21)(H,20,22). The summed E-state index contributed by atoms with van der Waals surface area (Å²) < 4.78 is 5.08. The molecule has 23 heavy (non-hydrogen) atoms. The first kappa shape index (κ1) is 17.4. The van der Waals surface area contributed by atoms with Crippen molar-refractivity contribution in [2.45, 2.75) is 0 Å². The lowest BCUT2D eigenvalue weighted by molar-refractivity contribution is 0.0845. The Balaban J connectivity index is 2.08.